The summed E-state index contributed by atoms with van der Waals surface area (Å²) in [6.45, 7) is 0.580. The highest BCUT2D eigenvalue weighted by molar-refractivity contribution is 7.88. The number of sulfonamides is 1. The molecule has 0 aliphatic heterocycles. The number of hydrogen-bond acceptors (Lipinski definition) is 5. The van der Waals surface area contributed by atoms with Crippen LogP contribution in [-0.2, 0) is 22.3 Å². The predicted octanol–water partition coefficient (Wildman–Crippen LogP) is 2.67. The molecule has 2 aromatic rings. The van der Waals surface area contributed by atoms with Crippen LogP contribution in [0.2, 0.25) is 5.15 Å². The van der Waals surface area contributed by atoms with E-state index in [1.165, 1.54) is 7.05 Å². The highest BCUT2D eigenvalue weighted by atomic mass is 35.5. The molecule has 2 N–H and O–H groups in total. The fourth-order valence-corrected chi connectivity index (χ4v) is 3.25. The molecule has 0 unspecified atom stereocenters. The van der Waals surface area contributed by atoms with Crippen molar-refractivity contribution in [3.63, 3.8) is 0 Å². The number of benzene rings is 1. The second kappa shape index (κ2) is 7.04. The Morgan fingerprint density at radius 1 is 1.17 bits per heavy atom. The molecule has 1 aliphatic carbocycles. The van der Waals surface area contributed by atoms with Crippen LogP contribution in [-0.4, -0.2) is 25.4 Å². The summed E-state index contributed by atoms with van der Waals surface area (Å²) in [5.41, 5.74) is 1.78. The van der Waals surface area contributed by atoms with Crippen molar-refractivity contribution in [2.24, 2.45) is 0 Å². The first-order chi connectivity index (χ1) is 11.4. The molecule has 1 saturated carbocycles. The summed E-state index contributed by atoms with van der Waals surface area (Å²) in [6, 6.07) is 9.14. The van der Waals surface area contributed by atoms with Crippen molar-refractivity contribution in [1.29, 1.82) is 0 Å². The summed E-state index contributed by atoms with van der Waals surface area (Å²) >= 11 is 6.05. The molecule has 0 spiro atoms. The van der Waals surface area contributed by atoms with E-state index in [4.69, 9.17) is 11.6 Å². The van der Waals surface area contributed by atoms with Crippen LogP contribution in [0.15, 0.2) is 30.3 Å². The van der Waals surface area contributed by atoms with Gasteiger partial charge >= 0.3 is 0 Å². The standard InChI is InChI=1S/C16H19ClN4O2S/c1-18-24(22,23)10-12-4-2-11(3-5-12)9-19-15-8-14(17)20-16(21-15)13-6-7-13/h2-5,8,13,18H,6-7,9-10H2,1H3,(H,19,20,21). The van der Waals surface area contributed by atoms with Crippen LogP contribution < -0.4 is 10.0 Å². The van der Waals surface area contributed by atoms with Gasteiger partial charge in [0.05, 0.1) is 5.75 Å². The van der Waals surface area contributed by atoms with Crippen molar-refractivity contribution in [2.45, 2.75) is 31.1 Å². The van der Waals surface area contributed by atoms with Crippen LogP contribution in [0.25, 0.3) is 0 Å². The number of rotatable bonds is 7. The maximum Gasteiger partial charge on any atom is 0.215 e. The second-order valence-electron chi connectivity index (χ2n) is 5.84. The van der Waals surface area contributed by atoms with Crippen molar-refractivity contribution in [1.82, 2.24) is 14.7 Å². The predicted molar refractivity (Wildman–Crippen MR) is 94.5 cm³/mol. The maximum absolute atomic E-state index is 11.5. The Kier molecular flexibility index (Phi) is 5.03. The van der Waals surface area contributed by atoms with Gasteiger partial charge in [-0.05, 0) is 31.0 Å². The van der Waals surface area contributed by atoms with Crippen molar-refractivity contribution in [2.75, 3.05) is 12.4 Å². The molecule has 1 aromatic carbocycles. The number of anilines is 1. The van der Waals surface area contributed by atoms with Gasteiger partial charge in [0.2, 0.25) is 10.0 Å². The quantitative estimate of drug-likeness (QED) is 0.736. The van der Waals surface area contributed by atoms with E-state index < -0.39 is 10.0 Å². The van der Waals surface area contributed by atoms with Gasteiger partial charge in [0.1, 0.15) is 16.8 Å². The number of nitrogens with one attached hydrogen (secondary N) is 2. The first-order valence-corrected chi connectivity index (χ1v) is 9.75. The van der Waals surface area contributed by atoms with Crippen LogP contribution >= 0.6 is 11.6 Å². The molecule has 3 rings (SSSR count). The fraction of sp³-hybridized carbons (Fsp3) is 0.375. The lowest BCUT2D eigenvalue weighted by atomic mass is 10.1. The van der Waals surface area contributed by atoms with Gasteiger partial charge in [-0.3, -0.25) is 0 Å². The first kappa shape index (κ1) is 17.1. The van der Waals surface area contributed by atoms with Crippen LogP contribution in [0.1, 0.15) is 35.7 Å². The summed E-state index contributed by atoms with van der Waals surface area (Å²) in [7, 11) is -1.84. The summed E-state index contributed by atoms with van der Waals surface area (Å²) in [5.74, 6) is 1.93. The Morgan fingerprint density at radius 2 is 1.83 bits per heavy atom. The zero-order valence-electron chi connectivity index (χ0n) is 13.3. The maximum atomic E-state index is 11.5. The molecule has 1 fully saturated rings. The third-order valence-corrected chi connectivity index (χ3v) is 5.35. The van der Waals surface area contributed by atoms with E-state index in [1.807, 2.05) is 24.3 Å². The van der Waals surface area contributed by atoms with Crippen LogP contribution in [0.4, 0.5) is 5.82 Å². The number of aromatic nitrogens is 2. The molecule has 0 amide bonds. The minimum absolute atomic E-state index is 0.0243. The lowest BCUT2D eigenvalue weighted by Gasteiger charge is -2.09. The van der Waals surface area contributed by atoms with Gasteiger partial charge in [-0.2, -0.15) is 0 Å². The molecule has 0 saturated heterocycles. The largest absolute Gasteiger partial charge is 0.366 e. The summed E-state index contributed by atoms with van der Waals surface area (Å²) in [4.78, 5) is 8.75. The first-order valence-electron chi connectivity index (χ1n) is 7.72. The van der Waals surface area contributed by atoms with Gasteiger partial charge < -0.3 is 5.32 Å². The van der Waals surface area contributed by atoms with E-state index in [1.54, 1.807) is 6.07 Å². The minimum atomic E-state index is -3.25. The van der Waals surface area contributed by atoms with E-state index in [2.05, 4.69) is 20.0 Å². The molecular formula is C16H19ClN4O2S. The highest BCUT2D eigenvalue weighted by Gasteiger charge is 2.27. The second-order valence-corrected chi connectivity index (χ2v) is 8.16. The topological polar surface area (TPSA) is 84.0 Å². The van der Waals surface area contributed by atoms with Crippen LogP contribution in [0.5, 0.6) is 0 Å². The molecule has 6 nitrogen and oxygen atoms in total. The van der Waals surface area contributed by atoms with Gasteiger partial charge in [-0.15, -0.1) is 0 Å². The Morgan fingerprint density at radius 3 is 2.46 bits per heavy atom. The van der Waals surface area contributed by atoms with Gasteiger partial charge in [0.25, 0.3) is 0 Å². The smallest absolute Gasteiger partial charge is 0.215 e. The Bertz CT molecular complexity index is 820. The molecule has 24 heavy (non-hydrogen) atoms. The molecule has 1 heterocycles. The number of hydrogen-bond donors (Lipinski definition) is 2. The van der Waals surface area contributed by atoms with Gasteiger partial charge in [0.15, 0.2) is 0 Å². The van der Waals surface area contributed by atoms with Gasteiger partial charge in [-0.25, -0.2) is 23.1 Å². The van der Waals surface area contributed by atoms with Crippen molar-refractivity contribution in [3.8, 4) is 0 Å². The Balaban J connectivity index is 1.62. The van der Waals surface area contributed by atoms with E-state index in [9.17, 15) is 8.42 Å². The van der Waals surface area contributed by atoms with Crippen molar-refractivity contribution >= 4 is 27.4 Å². The molecule has 0 atom stereocenters. The zero-order valence-corrected chi connectivity index (χ0v) is 14.9. The Labute approximate surface area is 146 Å². The third kappa shape index (κ3) is 4.66. The summed E-state index contributed by atoms with van der Waals surface area (Å²) < 4.78 is 25.4. The van der Waals surface area contributed by atoms with Crippen molar-refractivity contribution < 1.29 is 8.42 Å². The van der Waals surface area contributed by atoms with Crippen LogP contribution in [0, 0.1) is 0 Å². The van der Waals surface area contributed by atoms with Crippen molar-refractivity contribution in [3.05, 3.63) is 52.4 Å². The van der Waals surface area contributed by atoms with Gasteiger partial charge in [-0.1, -0.05) is 35.9 Å². The molecule has 8 heteroatoms. The molecule has 128 valence electrons. The van der Waals surface area contributed by atoms with E-state index >= 15 is 0 Å². The lowest BCUT2D eigenvalue weighted by molar-refractivity contribution is 0.587. The zero-order chi connectivity index (χ0) is 17.2. The monoisotopic (exact) mass is 366 g/mol. The average Bonchev–Trinajstić information content (AvgIpc) is 3.38. The SMILES string of the molecule is CNS(=O)(=O)Cc1ccc(CNc2cc(Cl)nc(C3CC3)n2)cc1. The molecule has 1 aromatic heterocycles. The van der Waals surface area contributed by atoms with E-state index in [0.717, 1.165) is 29.8 Å². The number of halogens is 1. The third-order valence-electron chi connectivity index (χ3n) is 3.82. The van der Waals surface area contributed by atoms with Crippen LogP contribution in [0.3, 0.4) is 0 Å². The average molecular weight is 367 g/mol. The highest BCUT2D eigenvalue weighted by Crippen LogP contribution is 2.38. The van der Waals surface area contributed by atoms with E-state index in [0.29, 0.717) is 23.4 Å². The molecule has 0 bridgehead atoms. The summed E-state index contributed by atoms with van der Waals surface area (Å²) in [6.07, 6.45) is 2.24. The van der Waals surface area contributed by atoms with Gasteiger partial charge in [0, 0.05) is 18.5 Å². The lowest BCUT2D eigenvalue weighted by Crippen LogP contribution is -2.20. The normalized spacial score (nSPS) is 14.6. The number of nitrogens with zero attached hydrogens (tertiary/aromatic N) is 2. The molecule has 1 aliphatic rings. The molecule has 0 radical (unpaired) electrons. The fourth-order valence-electron chi connectivity index (χ4n) is 2.29. The molecular weight excluding hydrogens is 348 g/mol. The minimum Gasteiger partial charge on any atom is -0.366 e. The summed E-state index contributed by atoms with van der Waals surface area (Å²) in [5, 5.41) is 3.68. The Hall–Kier alpha value is -1.70. The van der Waals surface area contributed by atoms with E-state index in [-0.39, 0.29) is 5.75 Å².